The fraction of sp³-hybridized carbons (Fsp3) is 1.00. The molecule has 70 valence electrons. The summed E-state index contributed by atoms with van der Waals surface area (Å²) in [6.45, 7) is 9.50. The van der Waals surface area contributed by atoms with E-state index in [0.29, 0.717) is 5.54 Å². The van der Waals surface area contributed by atoms with Crippen molar-refractivity contribution in [2.24, 2.45) is 0 Å². The predicted molar refractivity (Wildman–Crippen MR) is 51.3 cm³/mol. The maximum absolute atomic E-state index is 2.62. The number of likely N-dealkylation sites (N-methyl/N-ethyl adjacent to an activating group) is 1. The molecule has 0 N–H and O–H groups in total. The second-order valence-electron chi connectivity index (χ2n) is 5.28. The van der Waals surface area contributed by atoms with Crippen LogP contribution < -0.4 is 0 Å². The van der Waals surface area contributed by atoms with Gasteiger partial charge in [0.1, 0.15) is 0 Å². The predicted octanol–water partition coefficient (Wildman–Crippen LogP) is 1.17. The van der Waals surface area contributed by atoms with Crippen molar-refractivity contribution in [3.8, 4) is 0 Å². The van der Waals surface area contributed by atoms with Crippen molar-refractivity contribution in [3.05, 3.63) is 0 Å². The van der Waals surface area contributed by atoms with Gasteiger partial charge in [-0.2, -0.15) is 0 Å². The van der Waals surface area contributed by atoms with Crippen LogP contribution in [0.1, 0.15) is 27.2 Å². The Morgan fingerprint density at radius 3 is 1.92 bits per heavy atom. The molecule has 0 aromatic heterocycles. The summed E-state index contributed by atoms with van der Waals surface area (Å²) in [4.78, 5) is 5.15. The zero-order valence-electron chi connectivity index (χ0n) is 8.67. The number of piperidine rings is 1. The lowest BCUT2D eigenvalue weighted by atomic mass is 9.86. The van der Waals surface area contributed by atoms with Crippen molar-refractivity contribution in [3.63, 3.8) is 0 Å². The first-order valence-electron chi connectivity index (χ1n) is 4.95. The minimum absolute atomic E-state index is 0.373. The van der Waals surface area contributed by atoms with Crippen LogP contribution in [0.15, 0.2) is 0 Å². The molecule has 2 heteroatoms. The van der Waals surface area contributed by atoms with Crippen LogP contribution in [0.2, 0.25) is 0 Å². The Balaban J connectivity index is 1.99. The summed E-state index contributed by atoms with van der Waals surface area (Å²) in [5.41, 5.74) is 0.373. The monoisotopic (exact) mass is 168 g/mol. The Morgan fingerprint density at radius 1 is 1.08 bits per heavy atom. The van der Waals surface area contributed by atoms with E-state index in [1.165, 1.54) is 19.5 Å². The van der Waals surface area contributed by atoms with Gasteiger partial charge in [-0.05, 0) is 34.2 Å². The summed E-state index contributed by atoms with van der Waals surface area (Å²) >= 11 is 0. The lowest BCUT2D eigenvalue weighted by molar-refractivity contribution is -0.0796. The second kappa shape index (κ2) is 2.46. The number of fused-ring (bicyclic) bond motifs is 2. The minimum Gasteiger partial charge on any atom is -0.298 e. The number of hydrogen-bond donors (Lipinski definition) is 0. The van der Waals surface area contributed by atoms with Crippen LogP contribution in [0.25, 0.3) is 0 Å². The SMILES string of the molecule is CN1C2C[C@@H]1CN(C(C)(C)C)C2. The van der Waals surface area contributed by atoms with Crippen LogP contribution in [-0.4, -0.2) is 47.6 Å². The number of rotatable bonds is 0. The van der Waals surface area contributed by atoms with E-state index in [1.807, 2.05) is 0 Å². The molecule has 3 aliphatic heterocycles. The van der Waals surface area contributed by atoms with Gasteiger partial charge in [-0.25, -0.2) is 0 Å². The summed E-state index contributed by atoms with van der Waals surface area (Å²) in [7, 11) is 2.26. The highest BCUT2D eigenvalue weighted by molar-refractivity contribution is 5.01. The molecule has 1 unspecified atom stereocenters. The summed E-state index contributed by atoms with van der Waals surface area (Å²) in [5.74, 6) is 0. The Kier molecular flexibility index (Phi) is 1.74. The Bertz CT molecular complexity index is 171. The summed E-state index contributed by atoms with van der Waals surface area (Å²) < 4.78 is 0. The smallest absolute Gasteiger partial charge is 0.0239 e. The normalized spacial score (nSPS) is 38.0. The Labute approximate surface area is 75.5 Å². The van der Waals surface area contributed by atoms with Crippen LogP contribution in [0.4, 0.5) is 0 Å². The number of hydrogen-bond acceptors (Lipinski definition) is 2. The summed E-state index contributed by atoms with van der Waals surface area (Å²) in [6.07, 6.45) is 1.43. The molecular weight excluding hydrogens is 148 g/mol. The molecule has 3 saturated heterocycles. The largest absolute Gasteiger partial charge is 0.298 e. The fourth-order valence-electron chi connectivity index (χ4n) is 2.34. The van der Waals surface area contributed by atoms with Gasteiger partial charge in [-0.15, -0.1) is 0 Å². The summed E-state index contributed by atoms with van der Waals surface area (Å²) in [6, 6.07) is 1.70. The first kappa shape index (κ1) is 8.52. The second-order valence-corrected chi connectivity index (χ2v) is 5.28. The molecule has 3 aliphatic rings. The van der Waals surface area contributed by atoms with Crippen molar-refractivity contribution in [1.82, 2.24) is 9.80 Å². The molecule has 0 aromatic rings. The highest BCUT2D eigenvalue weighted by Crippen LogP contribution is 2.33. The van der Waals surface area contributed by atoms with Gasteiger partial charge in [0.25, 0.3) is 0 Å². The molecule has 12 heavy (non-hydrogen) atoms. The van der Waals surface area contributed by atoms with Crippen LogP contribution in [0.3, 0.4) is 0 Å². The van der Waals surface area contributed by atoms with Crippen molar-refractivity contribution in [1.29, 1.82) is 0 Å². The molecule has 0 aromatic carbocycles. The first-order valence-corrected chi connectivity index (χ1v) is 4.95. The molecule has 2 atom stereocenters. The quantitative estimate of drug-likeness (QED) is 0.536. The lowest BCUT2D eigenvalue weighted by Gasteiger charge is -2.58. The average Bonchev–Trinajstić information content (AvgIpc) is 2.02. The van der Waals surface area contributed by atoms with E-state index in [-0.39, 0.29) is 0 Å². The van der Waals surface area contributed by atoms with Crippen molar-refractivity contribution >= 4 is 0 Å². The van der Waals surface area contributed by atoms with Crippen LogP contribution in [-0.2, 0) is 0 Å². The maximum Gasteiger partial charge on any atom is 0.0239 e. The Hall–Kier alpha value is -0.0800. The topological polar surface area (TPSA) is 6.48 Å². The van der Waals surface area contributed by atoms with Gasteiger partial charge in [0, 0.05) is 30.7 Å². The lowest BCUT2D eigenvalue weighted by Crippen LogP contribution is -2.69. The fourth-order valence-corrected chi connectivity index (χ4v) is 2.34. The van der Waals surface area contributed by atoms with Crippen LogP contribution in [0, 0.1) is 0 Å². The Morgan fingerprint density at radius 2 is 1.58 bits per heavy atom. The number of piperazine rings is 1. The van der Waals surface area contributed by atoms with Gasteiger partial charge in [0.05, 0.1) is 0 Å². The third kappa shape index (κ3) is 1.17. The van der Waals surface area contributed by atoms with E-state index in [1.54, 1.807) is 0 Å². The highest BCUT2D eigenvalue weighted by Gasteiger charge is 2.44. The number of nitrogens with zero attached hydrogens (tertiary/aromatic N) is 2. The van der Waals surface area contributed by atoms with E-state index >= 15 is 0 Å². The van der Waals surface area contributed by atoms with Crippen molar-refractivity contribution in [2.75, 3.05) is 20.1 Å². The molecule has 2 bridgehead atoms. The van der Waals surface area contributed by atoms with Gasteiger partial charge in [0.15, 0.2) is 0 Å². The van der Waals surface area contributed by atoms with E-state index in [9.17, 15) is 0 Å². The van der Waals surface area contributed by atoms with Gasteiger partial charge in [0.2, 0.25) is 0 Å². The van der Waals surface area contributed by atoms with E-state index < -0.39 is 0 Å². The van der Waals surface area contributed by atoms with Crippen molar-refractivity contribution in [2.45, 2.75) is 44.8 Å². The van der Waals surface area contributed by atoms with Crippen LogP contribution >= 0.6 is 0 Å². The first-order chi connectivity index (χ1) is 5.48. The van der Waals surface area contributed by atoms with Gasteiger partial charge in [-0.3, -0.25) is 9.80 Å². The average molecular weight is 168 g/mol. The third-order valence-corrected chi connectivity index (χ3v) is 3.51. The van der Waals surface area contributed by atoms with Crippen molar-refractivity contribution < 1.29 is 0 Å². The molecule has 0 aliphatic carbocycles. The van der Waals surface area contributed by atoms with E-state index in [4.69, 9.17) is 0 Å². The molecule has 0 saturated carbocycles. The minimum atomic E-state index is 0.373. The third-order valence-electron chi connectivity index (χ3n) is 3.51. The maximum atomic E-state index is 2.62. The molecule has 2 nitrogen and oxygen atoms in total. The summed E-state index contributed by atoms with van der Waals surface area (Å²) in [5, 5.41) is 0. The zero-order chi connectivity index (χ0) is 8.93. The van der Waals surface area contributed by atoms with Gasteiger partial charge in [-0.1, -0.05) is 0 Å². The van der Waals surface area contributed by atoms with E-state index in [0.717, 1.165) is 12.1 Å². The molecule has 0 spiro atoms. The van der Waals surface area contributed by atoms with Gasteiger partial charge < -0.3 is 0 Å². The van der Waals surface area contributed by atoms with Crippen LogP contribution in [0.5, 0.6) is 0 Å². The molecule has 0 amide bonds. The van der Waals surface area contributed by atoms with E-state index in [2.05, 4.69) is 37.6 Å². The molecule has 3 fully saturated rings. The molecule has 0 radical (unpaired) electrons. The van der Waals surface area contributed by atoms with Gasteiger partial charge >= 0.3 is 0 Å². The highest BCUT2D eigenvalue weighted by atomic mass is 15.4. The standard InChI is InChI=1S/C10H20N2/c1-10(2,3)12-6-8-5-9(7-12)11(8)4/h8-9H,5-7H2,1-4H3/t8-,9?/m1/s1. The molecule has 3 rings (SSSR count). The zero-order valence-corrected chi connectivity index (χ0v) is 8.67. The molecular formula is C10H20N2. The molecule has 3 heterocycles.